The molecule has 0 spiro atoms. The molecular formula is C20H19ClN4O4. The monoisotopic (exact) mass is 414 g/mol. The molecule has 0 fully saturated rings. The van der Waals surface area contributed by atoms with E-state index in [2.05, 4.69) is 15.6 Å². The van der Waals surface area contributed by atoms with Crippen LogP contribution in [-0.4, -0.2) is 37.3 Å². The van der Waals surface area contributed by atoms with Crippen molar-refractivity contribution in [1.29, 1.82) is 0 Å². The minimum Gasteiger partial charge on any atom is -0.497 e. The summed E-state index contributed by atoms with van der Waals surface area (Å²) in [5, 5.41) is 8.24. The first-order chi connectivity index (χ1) is 14.1. The Balaban J connectivity index is 1.83. The van der Waals surface area contributed by atoms with Gasteiger partial charge in [0.1, 0.15) is 28.0 Å². The molecule has 150 valence electrons. The van der Waals surface area contributed by atoms with Crippen molar-refractivity contribution in [3.05, 3.63) is 69.6 Å². The van der Waals surface area contributed by atoms with Crippen LogP contribution in [0.5, 0.6) is 17.2 Å². The molecule has 0 atom stereocenters. The van der Waals surface area contributed by atoms with E-state index in [0.717, 1.165) is 0 Å². The lowest BCUT2D eigenvalue weighted by atomic mass is 10.2. The molecule has 0 bridgehead atoms. The molecule has 3 rings (SSSR count). The molecule has 0 saturated carbocycles. The number of aromatic nitrogens is 2. The largest absolute Gasteiger partial charge is 0.497 e. The van der Waals surface area contributed by atoms with Gasteiger partial charge in [0.05, 0.1) is 39.4 Å². The van der Waals surface area contributed by atoms with Gasteiger partial charge in [0.2, 0.25) is 0 Å². The first-order valence-electron chi connectivity index (χ1n) is 8.50. The van der Waals surface area contributed by atoms with E-state index in [9.17, 15) is 4.79 Å². The van der Waals surface area contributed by atoms with E-state index in [0.29, 0.717) is 28.5 Å². The van der Waals surface area contributed by atoms with E-state index >= 15 is 0 Å². The quantitative estimate of drug-likeness (QED) is 0.471. The maximum atomic E-state index is 12.6. The Labute approximate surface area is 172 Å². The molecule has 0 radical (unpaired) electrons. The fourth-order valence-electron chi connectivity index (χ4n) is 2.53. The summed E-state index contributed by atoms with van der Waals surface area (Å²) in [6.45, 7) is 0. The summed E-state index contributed by atoms with van der Waals surface area (Å²) in [5.41, 5.74) is 3.79. The number of hydrogen-bond donors (Lipinski definition) is 1. The van der Waals surface area contributed by atoms with Crippen molar-refractivity contribution in [3.8, 4) is 22.9 Å². The van der Waals surface area contributed by atoms with Gasteiger partial charge in [-0.2, -0.15) is 14.9 Å². The average Bonchev–Trinajstić information content (AvgIpc) is 2.76. The summed E-state index contributed by atoms with van der Waals surface area (Å²) in [5.74, 6) is 1.96. The lowest BCUT2D eigenvalue weighted by Crippen LogP contribution is -2.22. The number of ether oxygens (including phenoxy) is 3. The molecule has 2 aromatic carbocycles. The van der Waals surface area contributed by atoms with Gasteiger partial charge in [-0.1, -0.05) is 11.6 Å². The third-order valence-electron chi connectivity index (χ3n) is 4.06. The van der Waals surface area contributed by atoms with E-state index in [4.69, 9.17) is 25.8 Å². The van der Waals surface area contributed by atoms with Gasteiger partial charge in [0, 0.05) is 5.56 Å². The number of nitrogens with zero attached hydrogens (tertiary/aromatic N) is 3. The van der Waals surface area contributed by atoms with Crippen LogP contribution in [0.2, 0.25) is 5.02 Å². The molecule has 0 saturated heterocycles. The SMILES string of the molecule is COc1ccc(-n2ncc(N/N=C\c3cc(OC)ccc3OC)c(Cl)c2=O)cc1. The van der Waals surface area contributed by atoms with Gasteiger partial charge >= 0.3 is 0 Å². The number of rotatable bonds is 7. The Morgan fingerprint density at radius 2 is 1.72 bits per heavy atom. The molecule has 1 aromatic heterocycles. The summed E-state index contributed by atoms with van der Waals surface area (Å²) in [7, 11) is 4.70. The Bertz CT molecular complexity index is 1080. The van der Waals surface area contributed by atoms with E-state index in [1.165, 1.54) is 17.1 Å². The number of nitrogens with one attached hydrogen (secondary N) is 1. The van der Waals surface area contributed by atoms with Crippen LogP contribution in [-0.2, 0) is 0 Å². The van der Waals surface area contributed by atoms with Crippen LogP contribution in [0.1, 0.15) is 5.56 Å². The van der Waals surface area contributed by atoms with Gasteiger partial charge in [-0.15, -0.1) is 0 Å². The summed E-state index contributed by atoms with van der Waals surface area (Å²) in [6.07, 6.45) is 2.96. The number of halogens is 1. The second-order valence-corrected chi connectivity index (χ2v) is 6.14. The van der Waals surface area contributed by atoms with Crippen molar-refractivity contribution < 1.29 is 14.2 Å². The van der Waals surface area contributed by atoms with Crippen molar-refractivity contribution in [2.75, 3.05) is 26.8 Å². The topological polar surface area (TPSA) is 87.0 Å². The second-order valence-electron chi connectivity index (χ2n) is 5.77. The molecule has 0 amide bonds. The predicted molar refractivity (Wildman–Crippen MR) is 112 cm³/mol. The molecular weight excluding hydrogens is 396 g/mol. The van der Waals surface area contributed by atoms with E-state index in [-0.39, 0.29) is 10.7 Å². The molecule has 1 heterocycles. The van der Waals surface area contributed by atoms with Crippen molar-refractivity contribution in [1.82, 2.24) is 9.78 Å². The maximum absolute atomic E-state index is 12.6. The third-order valence-corrected chi connectivity index (χ3v) is 4.43. The van der Waals surface area contributed by atoms with Gasteiger partial charge in [0.25, 0.3) is 5.56 Å². The summed E-state index contributed by atoms with van der Waals surface area (Å²) in [4.78, 5) is 12.6. The number of anilines is 1. The first-order valence-corrected chi connectivity index (χ1v) is 8.88. The third kappa shape index (κ3) is 4.49. The average molecular weight is 415 g/mol. The van der Waals surface area contributed by atoms with Crippen LogP contribution >= 0.6 is 11.6 Å². The zero-order chi connectivity index (χ0) is 20.8. The standard InChI is InChI=1S/C20H19ClN4O4/c1-27-15-6-4-14(5-7-15)25-20(26)19(21)17(12-23-25)24-22-11-13-10-16(28-2)8-9-18(13)29-3/h4-12,24H,1-3H3/b22-11-. The molecule has 1 N–H and O–H groups in total. The van der Waals surface area contributed by atoms with Crippen LogP contribution in [0, 0.1) is 0 Å². The number of benzene rings is 2. The fraction of sp³-hybridized carbons (Fsp3) is 0.150. The minimum absolute atomic E-state index is 0.0365. The Morgan fingerprint density at radius 3 is 2.38 bits per heavy atom. The van der Waals surface area contributed by atoms with Crippen molar-refractivity contribution in [3.63, 3.8) is 0 Å². The van der Waals surface area contributed by atoms with Crippen LogP contribution in [0.4, 0.5) is 5.69 Å². The lowest BCUT2D eigenvalue weighted by Gasteiger charge is -2.09. The summed E-state index contributed by atoms with van der Waals surface area (Å²) in [6, 6.07) is 12.2. The van der Waals surface area contributed by atoms with Gasteiger partial charge in [-0.05, 0) is 42.5 Å². The molecule has 29 heavy (non-hydrogen) atoms. The zero-order valence-corrected chi connectivity index (χ0v) is 16.8. The van der Waals surface area contributed by atoms with E-state index < -0.39 is 5.56 Å². The predicted octanol–water partition coefficient (Wildman–Crippen LogP) is 3.36. The van der Waals surface area contributed by atoms with E-state index in [1.54, 1.807) is 63.8 Å². The van der Waals surface area contributed by atoms with Crippen molar-refractivity contribution in [2.24, 2.45) is 5.10 Å². The van der Waals surface area contributed by atoms with Crippen LogP contribution in [0.25, 0.3) is 5.69 Å². The molecule has 0 aliphatic heterocycles. The van der Waals surface area contributed by atoms with Gasteiger partial charge in [0.15, 0.2) is 0 Å². The number of methoxy groups -OCH3 is 3. The zero-order valence-electron chi connectivity index (χ0n) is 16.0. The van der Waals surface area contributed by atoms with Gasteiger partial charge in [-0.25, -0.2) is 0 Å². The smallest absolute Gasteiger partial charge is 0.292 e. The highest BCUT2D eigenvalue weighted by Crippen LogP contribution is 2.23. The lowest BCUT2D eigenvalue weighted by molar-refractivity contribution is 0.402. The molecule has 0 unspecified atom stereocenters. The van der Waals surface area contributed by atoms with Crippen LogP contribution < -0.4 is 25.2 Å². The van der Waals surface area contributed by atoms with Crippen LogP contribution in [0.15, 0.2) is 58.6 Å². The molecule has 0 aliphatic rings. The second kappa shape index (κ2) is 9.11. The van der Waals surface area contributed by atoms with Crippen LogP contribution in [0.3, 0.4) is 0 Å². The Morgan fingerprint density at radius 1 is 1.03 bits per heavy atom. The Hall–Kier alpha value is -3.52. The normalized spacial score (nSPS) is 10.8. The molecule has 9 heteroatoms. The fourth-order valence-corrected chi connectivity index (χ4v) is 2.70. The van der Waals surface area contributed by atoms with E-state index in [1.807, 2.05) is 0 Å². The highest BCUT2D eigenvalue weighted by molar-refractivity contribution is 6.32. The minimum atomic E-state index is -0.476. The Kier molecular flexibility index (Phi) is 6.36. The van der Waals surface area contributed by atoms with Gasteiger partial charge in [-0.3, -0.25) is 10.2 Å². The molecule has 8 nitrogen and oxygen atoms in total. The molecule has 0 aliphatic carbocycles. The highest BCUT2D eigenvalue weighted by atomic mass is 35.5. The van der Waals surface area contributed by atoms with Gasteiger partial charge < -0.3 is 14.2 Å². The summed E-state index contributed by atoms with van der Waals surface area (Å²) < 4.78 is 16.8. The maximum Gasteiger partial charge on any atom is 0.292 e. The van der Waals surface area contributed by atoms with Crippen molar-refractivity contribution >= 4 is 23.5 Å². The number of hydrogen-bond acceptors (Lipinski definition) is 7. The number of hydrazone groups is 1. The summed E-state index contributed by atoms with van der Waals surface area (Å²) >= 11 is 6.22. The molecule has 3 aromatic rings. The van der Waals surface area contributed by atoms with Crippen molar-refractivity contribution in [2.45, 2.75) is 0 Å². The first kappa shape index (κ1) is 20.2. The highest BCUT2D eigenvalue weighted by Gasteiger charge is 2.10.